The van der Waals surface area contributed by atoms with Crippen LogP contribution in [0.4, 0.5) is 4.39 Å². The number of nitrogens with one attached hydrogen (secondary N) is 1. The van der Waals surface area contributed by atoms with Gasteiger partial charge < -0.3 is 9.47 Å². The molecule has 0 saturated heterocycles. The van der Waals surface area contributed by atoms with Crippen LogP contribution in [0.25, 0.3) is 11.1 Å². The lowest BCUT2D eigenvalue weighted by molar-refractivity contribution is 0.284. The molecule has 0 amide bonds. The van der Waals surface area contributed by atoms with Crippen LogP contribution in [0.5, 0.6) is 11.5 Å². The second-order valence-corrected chi connectivity index (χ2v) is 11.0. The Bertz CT molecular complexity index is 1310. The van der Waals surface area contributed by atoms with Gasteiger partial charge in [0.2, 0.25) is 0 Å². The van der Waals surface area contributed by atoms with Crippen molar-refractivity contribution in [1.82, 2.24) is 20.6 Å². The minimum absolute atomic E-state index is 0.0560. The van der Waals surface area contributed by atoms with Crippen molar-refractivity contribution >= 4 is 0 Å². The first kappa shape index (κ1) is 30.2. The zero-order valence-electron chi connectivity index (χ0n) is 24.7. The van der Waals surface area contributed by atoms with Gasteiger partial charge in [-0.1, -0.05) is 101 Å². The monoisotopic (exact) mass is 558 g/mol. The number of H-pyrrole nitrogens is 1. The largest absolute Gasteiger partial charge is 0.493 e. The van der Waals surface area contributed by atoms with Crippen LogP contribution >= 0.6 is 0 Å². The molecular formula is C34H43FN4O2. The molecule has 7 heteroatoms. The number of halogens is 1. The lowest BCUT2D eigenvalue weighted by Crippen LogP contribution is -2.24. The van der Waals surface area contributed by atoms with Crippen molar-refractivity contribution in [3.63, 3.8) is 0 Å². The summed E-state index contributed by atoms with van der Waals surface area (Å²) >= 11 is 0. The lowest BCUT2D eigenvalue weighted by Gasteiger charge is -2.26. The molecular weight excluding hydrogens is 515 g/mol. The Kier molecular flexibility index (Phi) is 11.3. The molecule has 1 N–H and O–H groups in total. The number of hydrogen-bond donors (Lipinski definition) is 1. The quantitative estimate of drug-likeness (QED) is 0.131. The molecule has 6 nitrogen and oxygen atoms in total. The summed E-state index contributed by atoms with van der Waals surface area (Å²) in [7, 11) is 0. The topological polar surface area (TPSA) is 72.9 Å². The number of benzene rings is 3. The van der Waals surface area contributed by atoms with Crippen molar-refractivity contribution < 1.29 is 13.9 Å². The van der Waals surface area contributed by atoms with Gasteiger partial charge in [0.05, 0.1) is 6.61 Å². The molecule has 0 aliphatic rings. The molecule has 4 rings (SSSR count). The summed E-state index contributed by atoms with van der Waals surface area (Å²) in [6.45, 7) is 7.69. The van der Waals surface area contributed by atoms with Crippen molar-refractivity contribution in [3.8, 4) is 22.6 Å². The Morgan fingerprint density at radius 1 is 0.829 bits per heavy atom. The Morgan fingerprint density at radius 2 is 1.59 bits per heavy atom. The van der Waals surface area contributed by atoms with Crippen molar-refractivity contribution in [2.24, 2.45) is 0 Å². The van der Waals surface area contributed by atoms with E-state index in [4.69, 9.17) is 9.47 Å². The van der Waals surface area contributed by atoms with Crippen molar-refractivity contribution in [2.45, 2.75) is 90.6 Å². The van der Waals surface area contributed by atoms with E-state index in [-0.39, 0.29) is 11.2 Å². The summed E-state index contributed by atoms with van der Waals surface area (Å²) in [5.41, 5.74) is 3.99. The molecule has 1 atom stereocenters. The maximum Gasteiger partial charge on any atom is 0.180 e. The number of ether oxygens (including phenoxy) is 2. The van der Waals surface area contributed by atoms with E-state index in [0.717, 1.165) is 78.1 Å². The number of unbranched alkanes of at least 4 members (excludes halogenated alkanes) is 4. The van der Waals surface area contributed by atoms with Crippen LogP contribution in [0.3, 0.4) is 0 Å². The van der Waals surface area contributed by atoms with Gasteiger partial charge in [-0.05, 0) is 60.6 Å². The average molecular weight is 559 g/mol. The van der Waals surface area contributed by atoms with Crippen LogP contribution in [0.15, 0.2) is 66.7 Å². The first-order valence-electron chi connectivity index (χ1n) is 15.0. The highest BCUT2D eigenvalue weighted by Gasteiger charge is 2.30. The molecule has 0 bridgehead atoms. The molecule has 1 heterocycles. The third kappa shape index (κ3) is 8.62. The van der Waals surface area contributed by atoms with E-state index in [1.54, 1.807) is 12.1 Å². The molecule has 0 spiro atoms. The minimum atomic E-state index is -0.255. The maximum absolute atomic E-state index is 13.7. The van der Waals surface area contributed by atoms with Crippen LogP contribution < -0.4 is 9.47 Å². The SMILES string of the molecule is CCCCCC(C)(CCCCCOc1cc(OCc2ccccc2)c(-c2ccc(F)cc2)cc1CC)c1nn[nH]n1. The van der Waals surface area contributed by atoms with E-state index in [9.17, 15) is 4.39 Å². The van der Waals surface area contributed by atoms with Gasteiger partial charge in [-0.3, -0.25) is 0 Å². The standard InChI is InChI=1S/C34H43FN4O2/c1-4-6-11-20-34(3,33-36-38-39-37-33)21-12-8-13-22-40-31-24-32(41-25-26-14-9-7-10-15-26)30(23-27(31)5-2)28-16-18-29(35)19-17-28/h7,9-10,14-19,23-24H,4-6,8,11-13,20-22,25H2,1-3H3,(H,36,37,38,39). The predicted molar refractivity (Wildman–Crippen MR) is 162 cm³/mol. The van der Waals surface area contributed by atoms with Gasteiger partial charge in [0, 0.05) is 17.0 Å². The van der Waals surface area contributed by atoms with E-state index in [2.05, 4.69) is 47.5 Å². The minimum Gasteiger partial charge on any atom is -0.493 e. The van der Waals surface area contributed by atoms with Crippen molar-refractivity contribution in [2.75, 3.05) is 6.61 Å². The van der Waals surface area contributed by atoms with E-state index in [1.165, 1.54) is 31.4 Å². The normalized spacial score (nSPS) is 12.7. The molecule has 0 aliphatic carbocycles. The number of tetrazole rings is 1. The first-order chi connectivity index (χ1) is 20.0. The third-order valence-corrected chi connectivity index (χ3v) is 7.78. The number of aryl methyl sites for hydroxylation is 1. The molecule has 0 saturated carbocycles. The second-order valence-electron chi connectivity index (χ2n) is 11.0. The van der Waals surface area contributed by atoms with Gasteiger partial charge in [0.1, 0.15) is 23.9 Å². The number of aromatic amines is 1. The van der Waals surface area contributed by atoms with Crippen molar-refractivity contribution in [3.05, 3.63) is 89.5 Å². The van der Waals surface area contributed by atoms with Gasteiger partial charge in [-0.25, -0.2) is 4.39 Å². The highest BCUT2D eigenvalue weighted by molar-refractivity contribution is 5.73. The third-order valence-electron chi connectivity index (χ3n) is 7.78. The fraction of sp³-hybridized carbons (Fsp3) is 0.441. The summed E-state index contributed by atoms with van der Waals surface area (Å²) in [6.07, 6.45) is 9.62. The molecule has 218 valence electrons. The van der Waals surface area contributed by atoms with E-state index >= 15 is 0 Å². The number of hydrogen-bond acceptors (Lipinski definition) is 5. The molecule has 0 aliphatic heterocycles. The highest BCUT2D eigenvalue weighted by Crippen LogP contribution is 2.38. The van der Waals surface area contributed by atoms with E-state index in [0.29, 0.717) is 13.2 Å². The first-order valence-corrected chi connectivity index (χ1v) is 15.0. The summed E-state index contributed by atoms with van der Waals surface area (Å²) in [5, 5.41) is 15.1. The average Bonchev–Trinajstić information content (AvgIpc) is 3.55. The molecule has 1 unspecified atom stereocenters. The highest BCUT2D eigenvalue weighted by atomic mass is 19.1. The van der Waals surface area contributed by atoms with Gasteiger partial charge in [0.25, 0.3) is 0 Å². The summed E-state index contributed by atoms with van der Waals surface area (Å²) in [5.74, 6) is 2.14. The predicted octanol–water partition coefficient (Wildman–Crippen LogP) is 8.62. The fourth-order valence-electron chi connectivity index (χ4n) is 5.23. The summed E-state index contributed by atoms with van der Waals surface area (Å²) < 4.78 is 26.3. The van der Waals surface area contributed by atoms with Gasteiger partial charge >= 0.3 is 0 Å². The zero-order chi connectivity index (χ0) is 28.9. The Morgan fingerprint density at radius 3 is 2.27 bits per heavy atom. The van der Waals surface area contributed by atoms with Gasteiger partial charge in [-0.2, -0.15) is 5.21 Å². The van der Waals surface area contributed by atoms with Crippen LogP contribution in [-0.2, 0) is 18.4 Å². The van der Waals surface area contributed by atoms with Gasteiger partial charge in [0.15, 0.2) is 5.82 Å². The Labute approximate surface area is 243 Å². The van der Waals surface area contributed by atoms with Crippen molar-refractivity contribution in [1.29, 1.82) is 0 Å². The fourth-order valence-corrected chi connectivity index (χ4v) is 5.23. The Balaban J connectivity index is 1.39. The number of rotatable bonds is 17. The number of aromatic nitrogens is 4. The summed E-state index contributed by atoms with van der Waals surface area (Å²) in [6, 6.07) is 20.8. The van der Waals surface area contributed by atoms with Crippen LogP contribution in [-0.4, -0.2) is 27.2 Å². The molecule has 0 fully saturated rings. The zero-order valence-corrected chi connectivity index (χ0v) is 24.7. The molecule has 41 heavy (non-hydrogen) atoms. The van der Waals surface area contributed by atoms with Gasteiger partial charge in [-0.15, -0.1) is 10.2 Å². The number of nitrogens with zero attached hydrogens (tertiary/aromatic N) is 3. The molecule has 0 radical (unpaired) electrons. The van der Waals surface area contributed by atoms with E-state index in [1.807, 2.05) is 36.4 Å². The van der Waals surface area contributed by atoms with Crippen LogP contribution in [0.1, 0.15) is 89.1 Å². The van der Waals surface area contributed by atoms with E-state index < -0.39 is 0 Å². The second kappa shape index (κ2) is 15.3. The summed E-state index contributed by atoms with van der Waals surface area (Å²) in [4.78, 5) is 0. The maximum atomic E-state index is 13.7. The van der Waals surface area contributed by atoms with Crippen LogP contribution in [0, 0.1) is 5.82 Å². The molecule has 4 aromatic rings. The Hall–Kier alpha value is -3.74. The molecule has 3 aromatic carbocycles. The van der Waals surface area contributed by atoms with Crippen LogP contribution in [0.2, 0.25) is 0 Å². The smallest absolute Gasteiger partial charge is 0.180 e. The molecule has 1 aromatic heterocycles. The lowest BCUT2D eigenvalue weighted by atomic mass is 9.79.